The van der Waals surface area contributed by atoms with E-state index in [-0.39, 0.29) is 12.1 Å². The molecule has 3 atom stereocenters. The van der Waals surface area contributed by atoms with E-state index < -0.39 is 0 Å². The van der Waals surface area contributed by atoms with E-state index in [1.54, 1.807) is 0 Å². The first-order chi connectivity index (χ1) is 9.29. The van der Waals surface area contributed by atoms with Gasteiger partial charge in [0, 0.05) is 12.8 Å². The number of ether oxygens (including phenoxy) is 2. The molecule has 1 saturated carbocycles. The lowest BCUT2D eigenvalue weighted by Gasteiger charge is -2.19. The second-order valence-electron chi connectivity index (χ2n) is 6.01. The second kappa shape index (κ2) is 7.88. The molecule has 0 aromatic rings. The summed E-state index contributed by atoms with van der Waals surface area (Å²) in [5, 5.41) is 0. The van der Waals surface area contributed by atoms with Gasteiger partial charge in [-0.2, -0.15) is 0 Å². The molecule has 110 valence electrons. The Morgan fingerprint density at radius 2 is 1.79 bits per heavy atom. The highest BCUT2D eigenvalue weighted by Gasteiger charge is 2.44. The lowest BCUT2D eigenvalue weighted by Crippen LogP contribution is -2.24. The van der Waals surface area contributed by atoms with E-state index in [4.69, 9.17) is 9.47 Å². The van der Waals surface area contributed by atoms with Crippen LogP contribution in [0.1, 0.15) is 77.6 Å². The van der Waals surface area contributed by atoms with E-state index in [2.05, 4.69) is 6.92 Å². The number of hydrogen-bond donors (Lipinski definition) is 0. The summed E-state index contributed by atoms with van der Waals surface area (Å²) >= 11 is 0. The zero-order valence-corrected chi connectivity index (χ0v) is 12.2. The van der Waals surface area contributed by atoms with Crippen molar-refractivity contribution in [2.24, 2.45) is 0 Å². The number of epoxide rings is 1. The molecule has 0 aromatic heterocycles. The predicted octanol–water partition coefficient (Wildman–Crippen LogP) is 3.99. The molecule has 2 aliphatic rings. The van der Waals surface area contributed by atoms with Crippen LogP contribution in [0.15, 0.2) is 0 Å². The summed E-state index contributed by atoms with van der Waals surface area (Å²) in [4.78, 5) is 11.7. The fraction of sp³-hybridized carbons (Fsp3) is 0.938. The Kier molecular flexibility index (Phi) is 6.15. The third-order valence-electron chi connectivity index (χ3n) is 4.24. The van der Waals surface area contributed by atoms with Crippen molar-refractivity contribution in [3.05, 3.63) is 0 Å². The van der Waals surface area contributed by atoms with Crippen LogP contribution in [0.5, 0.6) is 0 Å². The van der Waals surface area contributed by atoms with Gasteiger partial charge in [0.05, 0.1) is 12.2 Å². The molecule has 0 N–H and O–H groups in total. The number of fused-ring (bicyclic) bond motifs is 1. The maximum absolute atomic E-state index is 11.7. The Morgan fingerprint density at radius 3 is 2.53 bits per heavy atom. The molecule has 1 aliphatic carbocycles. The molecule has 3 unspecified atom stereocenters. The number of hydrogen-bond acceptors (Lipinski definition) is 3. The first kappa shape index (κ1) is 14.8. The first-order valence-corrected chi connectivity index (χ1v) is 8.14. The van der Waals surface area contributed by atoms with Gasteiger partial charge in [-0.25, -0.2) is 0 Å². The van der Waals surface area contributed by atoms with E-state index >= 15 is 0 Å². The van der Waals surface area contributed by atoms with Crippen LogP contribution >= 0.6 is 0 Å². The highest BCUT2D eigenvalue weighted by molar-refractivity contribution is 5.69. The molecule has 0 spiro atoms. The van der Waals surface area contributed by atoms with Crippen LogP contribution in [0, 0.1) is 0 Å². The minimum Gasteiger partial charge on any atom is -0.462 e. The third kappa shape index (κ3) is 5.52. The van der Waals surface area contributed by atoms with Gasteiger partial charge in [-0.15, -0.1) is 0 Å². The normalized spacial score (nSPS) is 28.8. The second-order valence-corrected chi connectivity index (χ2v) is 6.01. The van der Waals surface area contributed by atoms with Crippen molar-refractivity contribution in [3.8, 4) is 0 Å². The molecule has 2 rings (SSSR count). The number of esters is 1. The van der Waals surface area contributed by atoms with Gasteiger partial charge in [0.2, 0.25) is 0 Å². The summed E-state index contributed by atoms with van der Waals surface area (Å²) in [6.07, 6.45) is 13.3. The van der Waals surface area contributed by atoms with Crippen molar-refractivity contribution in [1.29, 1.82) is 0 Å². The average Bonchev–Trinajstić information content (AvgIpc) is 3.16. The Morgan fingerprint density at radius 1 is 1.05 bits per heavy atom. The van der Waals surface area contributed by atoms with Gasteiger partial charge in [-0.3, -0.25) is 4.79 Å². The molecule has 0 aromatic carbocycles. The zero-order valence-electron chi connectivity index (χ0n) is 12.2. The standard InChI is InChI=1S/C16H28O3/c1-2-3-4-5-6-7-8-9-16(17)18-13-10-11-14-15(12-13)19-14/h13-15H,2-12H2,1H3. The largest absolute Gasteiger partial charge is 0.462 e. The van der Waals surface area contributed by atoms with Crippen molar-refractivity contribution in [3.63, 3.8) is 0 Å². The fourth-order valence-corrected chi connectivity index (χ4v) is 2.95. The van der Waals surface area contributed by atoms with Gasteiger partial charge >= 0.3 is 5.97 Å². The first-order valence-electron chi connectivity index (χ1n) is 8.14. The van der Waals surface area contributed by atoms with Gasteiger partial charge in [0.15, 0.2) is 0 Å². The lowest BCUT2D eigenvalue weighted by molar-refractivity contribution is -0.150. The van der Waals surface area contributed by atoms with Gasteiger partial charge in [-0.05, 0) is 19.3 Å². The van der Waals surface area contributed by atoms with Gasteiger partial charge in [0.25, 0.3) is 0 Å². The molecule has 2 fully saturated rings. The van der Waals surface area contributed by atoms with Crippen LogP contribution in [-0.4, -0.2) is 24.3 Å². The Labute approximate surface area is 117 Å². The molecule has 19 heavy (non-hydrogen) atoms. The maximum Gasteiger partial charge on any atom is 0.306 e. The molecule has 0 bridgehead atoms. The smallest absolute Gasteiger partial charge is 0.306 e. The number of carbonyl (C=O) groups is 1. The topological polar surface area (TPSA) is 38.8 Å². The van der Waals surface area contributed by atoms with E-state index in [9.17, 15) is 4.79 Å². The van der Waals surface area contributed by atoms with Crippen molar-refractivity contribution in [2.75, 3.05) is 0 Å². The van der Waals surface area contributed by atoms with E-state index in [1.165, 1.54) is 32.1 Å². The van der Waals surface area contributed by atoms with Crippen molar-refractivity contribution in [2.45, 2.75) is 95.9 Å². The fourth-order valence-electron chi connectivity index (χ4n) is 2.95. The van der Waals surface area contributed by atoms with Crippen molar-refractivity contribution < 1.29 is 14.3 Å². The monoisotopic (exact) mass is 268 g/mol. The number of rotatable bonds is 9. The molecule has 3 heteroatoms. The molecule has 1 aliphatic heterocycles. The van der Waals surface area contributed by atoms with Crippen molar-refractivity contribution >= 4 is 5.97 Å². The highest BCUT2D eigenvalue weighted by Crippen LogP contribution is 2.37. The number of unbranched alkanes of at least 4 members (excludes halogenated alkanes) is 6. The Balaban J connectivity index is 1.43. The van der Waals surface area contributed by atoms with Crippen molar-refractivity contribution in [1.82, 2.24) is 0 Å². The van der Waals surface area contributed by atoms with Gasteiger partial charge in [-0.1, -0.05) is 45.4 Å². The molecule has 1 saturated heterocycles. The molecular weight excluding hydrogens is 240 g/mol. The van der Waals surface area contributed by atoms with Crippen LogP contribution in [0.25, 0.3) is 0 Å². The van der Waals surface area contributed by atoms with Gasteiger partial charge in [0.1, 0.15) is 6.10 Å². The van der Waals surface area contributed by atoms with Crippen LogP contribution in [-0.2, 0) is 14.3 Å². The molecule has 0 radical (unpaired) electrons. The van der Waals surface area contributed by atoms with Crippen LogP contribution in [0.2, 0.25) is 0 Å². The third-order valence-corrected chi connectivity index (χ3v) is 4.24. The van der Waals surface area contributed by atoms with Crippen LogP contribution < -0.4 is 0 Å². The summed E-state index contributed by atoms with van der Waals surface area (Å²) in [5.74, 6) is -0.00217. The Bertz CT molecular complexity index is 277. The predicted molar refractivity (Wildman–Crippen MR) is 75.0 cm³/mol. The minimum absolute atomic E-state index is 0.00217. The SMILES string of the molecule is CCCCCCCCCC(=O)OC1CCC2OC2C1. The molecular formula is C16H28O3. The van der Waals surface area contributed by atoms with Gasteiger partial charge < -0.3 is 9.47 Å². The van der Waals surface area contributed by atoms with Crippen LogP contribution in [0.3, 0.4) is 0 Å². The van der Waals surface area contributed by atoms with E-state index in [0.717, 1.165) is 32.1 Å². The zero-order chi connectivity index (χ0) is 13.5. The summed E-state index contributed by atoms with van der Waals surface area (Å²) in [7, 11) is 0. The lowest BCUT2D eigenvalue weighted by atomic mass is 9.98. The van der Waals surface area contributed by atoms with E-state index in [0.29, 0.717) is 18.6 Å². The molecule has 0 amide bonds. The number of carbonyl (C=O) groups excluding carboxylic acids is 1. The summed E-state index contributed by atoms with van der Waals surface area (Å²) in [6, 6.07) is 0. The average molecular weight is 268 g/mol. The quantitative estimate of drug-likeness (QED) is 0.360. The van der Waals surface area contributed by atoms with Crippen LogP contribution in [0.4, 0.5) is 0 Å². The molecule has 3 nitrogen and oxygen atoms in total. The summed E-state index contributed by atoms with van der Waals surface area (Å²) in [6.45, 7) is 2.23. The maximum atomic E-state index is 11.7. The molecule has 1 heterocycles. The highest BCUT2D eigenvalue weighted by atomic mass is 16.6. The van der Waals surface area contributed by atoms with E-state index in [1.807, 2.05) is 0 Å². The summed E-state index contributed by atoms with van der Waals surface area (Å²) < 4.78 is 11.0. The Hall–Kier alpha value is -0.570. The minimum atomic E-state index is -0.00217. The summed E-state index contributed by atoms with van der Waals surface area (Å²) in [5.41, 5.74) is 0.